The minimum atomic E-state index is -4.46. The summed E-state index contributed by atoms with van der Waals surface area (Å²) in [4.78, 5) is 17.3. The van der Waals surface area contributed by atoms with Crippen LogP contribution >= 0.6 is 0 Å². The van der Waals surface area contributed by atoms with E-state index in [2.05, 4.69) is 16.7 Å². The van der Waals surface area contributed by atoms with E-state index in [1.807, 2.05) is 11.5 Å². The first-order valence-electron chi connectivity index (χ1n) is 9.89. The summed E-state index contributed by atoms with van der Waals surface area (Å²) in [5, 5.41) is 13.5. The van der Waals surface area contributed by atoms with Crippen molar-refractivity contribution >= 4 is 17.2 Å². The molecule has 0 unspecified atom stereocenters. The minimum absolute atomic E-state index is 0.0306. The van der Waals surface area contributed by atoms with Crippen molar-refractivity contribution in [1.29, 1.82) is 0 Å². The summed E-state index contributed by atoms with van der Waals surface area (Å²) in [7, 11) is 0. The van der Waals surface area contributed by atoms with Gasteiger partial charge in [-0.05, 0) is 25.5 Å². The molecule has 0 aliphatic rings. The van der Waals surface area contributed by atoms with Gasteiger partial charge in [0.25, 0.3) is 0 Å². The van der Waals surface area contributed by atoms with E-state index in [9.17, 15) is 23.2 Å². The number of anilines is 1. The van der Waals surface area contributed by atoms with E-state index in [4.69, 9.17) is 5.73 Å². The fourth-order valence-corrected chi connectivity index (χ4v) is 3.27. The van der Waals surface area contributed by atoms with Crippen molar-refractivity contribution in [2.75, 3.05) is 5.73 Å². The fraction of sp³-hybridized carbons (Fsp3) is 0.227. The quantitative estimate of drug-likeness (QED) is 0.364. The van der Waals surface area contributed by atoms with Gasteiger partial charge < -0.3 is 5.73 Å². The van der Waals surface area contributed by atoms with Crippen molar-refractivity contribution < 1.29 is 18.4 Å². The third-order valence-electron chi connectivity index (χ3n) is 4.65. The average Bonchev–Trinajstić information content (AvgIpc) is 3.08. The molecule has 0 aliphatic heterocycles. The molecule has 0 amide bonds. The van der Waals surface area contributed by atoms with Crippen molar-refractivity contribution in [1.82, 2.24) is 24.6 Å². The van der Waals surface area contributed by atoms with Gasteiger partial charge >= 0.3 is 11.9 Å². The zero-order valence-electron chi connectivity index (χ0n) is 18.0. The number of nitrogen functional groups attached to an aromatic ring is 1. The van der Waals surface area contributed by atoms with Crippen LogP contribution < -0.4 is 16.9 Å². The molecule has 0 saturated heterocycles. The summed E-state index contributed by atoms with van der Waals surface area (Å²) in [6.45, 7) is 6.56. The van der Waals surface area contributed by atoms with Crippen LogP contribution in [0.4, 0.5) is 19.1 Å². The fourth-order valence-electron chi connectivity index (χ4n) is 3.27. The molecule has 0 spiro atoms. The van der Waals surface area contributed by atoms with E-state index in [1.165, 1.54) is 0 Å². The van der Waals surface area contributed by atoms with E-state index >= 15 is 0 Å². The topological polar surface area (TPSA) is 110 Å². The lowest BCUT2D eigenvalue weighted by Gasteiger charge is -2.14. The second-order valence-corrected chi connectivity index (χ2v) is 7.47. The molecule has 0 atom stereocenters. The number of hydroxylamine groups is 1. The van der Waals surface area contributed by atoms with E-state index in [0.29, 0.717) is 33.7 Å². The molecule has 0 saturated carbocycles. The Bertz CT molecular complexity index is 1300. The Labute approximate surface area is 187 Å². The number of halogens is 3. The van der Waals surface area contributed by atoms with Crippen LogP contribution in [0.1, 0.15) is 25.8 Å². The summed E-state index contributed by atoms with van der Waals surface area (Å²) in [5.74, 6) is -0.216. The Hall–Kier alpha value is -3.86. The number of aromatic nitrogens is 4. The molecule has 4 N–H and O–H groups in total. The normalized spacial score (nSPS) is 12.9. The maximum Gasteiger partial charge on any atom is 0.390 e. The lowest BCUT2D eigenvalue weighted by atomic mass is 9.97. The number of nitrogens with two attached hydrogens (primary N) is 1. The molecule has 0 bridgehead atoms. The van der Waals surface area contributed by atoms with Crippen molar-refractivity contribution in [3.8, 4) is 11.3 Å². The zero-order chi connectivity index (χ0) is 24.3. The Balaban J connectivity index is 2.41. The second kappa shape index (κ2) is 9.33. The first-order valence-corrected chi connectivity index (χ1v) is 9.89. The van der Waals surface area contributed by atoms with Gasteiger partial charge in [-0.3, -0.25) is 10.7 Å². The largest absolute Gasteiger partial charge is 0.390 e. The number of hydrogen-bond acceptors (Lipinski definition) is 6. The lowest BCUT2D eigenvalue weighted by molar-refractivity contribution is -0.137. The molecule has 0 aliphatic carbocycles. The molecule has 3 aromatic rings. The highest BCUT2D eigenvalue weighted by Crippen LogP contribution is 2.33. The summed E-state index contributed by atoms with van der Waals surface area (Å²) >= 11 is 0. The van der Waals surface area contributed by atoms with Crippen LogP contribution in [0.15, 0.2) is 65.1 Å². The number of rotatable bonds is 7. The number of nitrogens with zero attached hydrogens (tertiary/aromatic N) is 4. The van der Waals surface area contributed by atoms with E-state index in [0.717, 1.165) is 9.08 Å². The standard InChI is InChI=1S/C22H23F3N6O2/c1-13(2)11-16(12-14(3)29-33)17-18(15-7-5-4-6-8-15)27-20(26)31-19(17)28-30(21(31)32)10-9-22(23,24)25/h4-8,11-12,29,33H,1,9-10H2,2-3H3,(H2,26,27)/b14-12-,16-11+. The van der Waals surface area contributed by atoms with Crippen molar-refractivity contribution in [3.63, 3.8) is 0 Å². The maximum absolute atomic E-state index is 12.9. The van der Waals surface area contributed by atoms with Gasteiger partial charge in [0, 0.05) is 11.3 Å². The highest BCUT2D eigenvalue weighted by Gasteiger charge is 2.28. The van der Waals surface area contributed by atoms with Crippen LogP contribution in [0.2, 0.25) is 0 Å². The van der Waals surface area contributed by atoms with E-state index in [1.54, 1.807) is 50.3 Å². The Morgan fingerprint density at radius 3 is 2.48 bits per heavy atom. The summed E-state index contributed by atoms with van der Waals surface area (Å²) in [6.07, 6.45) is -2.44. The Kier molecular flexibility index (Phi) is 6.73. The number of hydrogen-bond donors (Lipinski definition) is 3. The first kappa shape index (κ1) is 23.8. The van der Waals surface area contributed by atoms with Gasteiger partial charge in [-0.15, -0.1) is 5.10 Å². The van der Waals surface area contributed by atoms with Gasteiger partial charge in [-0.25, -0.2) is 18.9 Å². The summed E-state index contributed by atoms with van der Waals surface area (Å²) < 4.78 is 40.0. The van der Waals surface area contributed by atoms with Gasteiger partial charge in [-0.1, -0.05) is 48.6 Å². The molecule has 11 heteroatoms. The van der Waals surface area contributed by atoms with Crippen molar-refractivity contribution in [3.05, 3.63) is 76.4 Å². The highest BCUT2D eigenvalue weighted by atomic mass is 19.4. The number of allylic oxidation sites excluding steroid dienone is 5. The lowest BCUT2D eigenvalue weighted by Crippen LogP contribution is -2.25. The van der Waals surface area contributed by atoms with Gasteiger partial charge in [0.1, 0.15) is 0 Å². The number of alkyl halides is 3. The van der Waals surface area contributed by atoms with Crippen molar-refractivity contribution in [2.45, 2.75) is 33.0 Å². The molecule has 2 heterocycles. The van der Waals surface area contributed by atoms with Gasteiger partial charge in [-0.2, -0.15) is 13.2 Å². The summed E-state index contributed by atoms with van der Waals surface area (Å²) in [5.41, 5.74) is 10.1. The third kappa shape index (κ3) is 5.32. The average molecular weight is 460 g/mol. The second-order valence-electron chi connectivity index (χ2n) is 7.47. The third-order valence-corrected chi connectivity index (χ3v) is 4.65. The number of fused-ring (bicyclic) bond motifs is 1. The number of nitrogens with one attached hydrogen (secondary N) is 1. The molecule has 33 heavy (non-hydrogen) atoms. The van der Waals surface area contributed by atoms with Crippen LogP contribution in [0, 0.1) is 0 Å². The smallest absolute Gasteiger partial charge is 0.369 e. The molecule has 2 aromatic heterocycles. The van der Waals surface area contributed by atoms with Gasteiger partial charge in [0.2, 0.25) is 5.95 Å². The van der Waals surface area contributed by atoms with Gasteiger partial charge in [0.05, 0.1) is 24.2 Å². The van der Waals surface area contributed by atoms with E-state index in [-0.39, 0.29) is 11.6 Å². The Morgan fingerprint density at radius 2 is 1.91 bits per heavy atom. The van der Waals surface area contributed by atoms with Crippen LogP contribution in [0.25, 0.3) is 22.5 Å². The predicted octanol–water partition coefficient (Wildman–Crippen LogP) is 3.93. The molecule has 3 rings (SSSR count). The highest BCUT2D eigenvalue weighted by molar-refractivity contribution is 5.92. The predicted molar refractivity (Wildman–Crippen MR) is 119 cm³/mol. The van der Waals surface area contributed by atoms with Crippen LogP contribution in [0.5, 0.6) is 0 Å². The van der Waals surface area contributed by atoms with Crippen LogP contribution in [-0.2, 0) is 6.54 Å². The minimum Gasteiger partial charge on any atom is -0.369 e. The Morgan fingerprint density at radius 1 is 1.24 bits per heavy atom. The SMILES string of the molecule is C=C(C)/C=C(\C=C(\C)NO)c1c(-c2ccccc2)nc(N)n2c(=O)n(CCC(F)(F)F)nc12. The molecule has 0 radical (unpaired) electrons. The van der Waals surface area contributed by atoms with Gasteiger partial charge in [0.15, 0.2) is 5.65 Å². The van der Waals surface area contributed by atoms with Crippen LogP contribution in [-0.4, -0.2) is 30.5 Å². The molecular formula is C22H23F3N6O2. The van der Waals surface area contributed by atoms with Crippen LogP contribution in [0.3, 0.4) is 0 Å². The van der Waals surface area contributed by atoms with Crippen molar-refractivity contribution in [2.24, 2.45) is 0 Å². The monoisotopic (exact) mass is 460 g/mol. The molecule has 8 nitrogen and oxygen atoms in total. The molecular weight excluding hydrogens is 437 g/mol. The summed E-state index contributed by atoms with van der Waals surface area (Å²) in [6, 6.07) is 8.94. The molecule has 174 valence electrons. The number of benzene rings is 1. The zero-order valence-corrected chi connectivity index (χ0v) is 18.0. The maximum atomic E-state index is 12.9. The van der Waals surface area contributed by atoms with E-state index < -0.39 is 24.8 Å². The first-order chi connectivity index (χ1) is 15.5. The molecule has 1 aromatic carbocycles. The molecule has 0 fully saturated rings. The number of aryl methyl sites for hydroxylation is 1.